The Hall–Kier alpha value is -1.42. The van der Waals surface area contributed by atoms with Gasteiger partial charge in [0.2, 0.25) is 5.91 Å². The molecule has 1 aliphatic carbocycles. The Morgan fingerprint density at radius 3 is 2.47 bits per heavy atom. The molecule has 0 heterocycles. The first-order valence-electron chi connectivity index (χ1n) is 6.82. The van der Waals surface area contributed by atoms with Crippen LogP contribution in [0.15, 0.2) is 24.3 Å². The van der Waals surface area contributed by atoms with Gasteiger partial charge in [-0.05, 0) is 49.3 Å². The van der Waals surface area contributed by atoms with Crippen molar-refractivity contribution in [3.05, 3.63) is 35.6 Å². The molecule has 0 atom stereocenters. The summed E-state index contributed by atoms with van der Waals surface area (Å²) in [6.07, 6.45) is 3.73. The second kappa shape index (κ2) is 6.66. The van der Waals surface area contributed by atoms with Crippen LogP contribution in [-0.2, 0) is 11.2 Å². The van der Waals surface area contributed by atoms with E-state index in [-0.39, 0.29) is 24.2 Å². The van der Waals surface area contributed by atoms with Gasteiger partial charge in [0.15, 0.2) is 0 Å². The second-order valence-corrected chi connectivity index (χ2v) is 5.28. The number of aliphatic hydroxyl groups is 1. The van der Waals surface area contributed by atoms with E-state index < -0.39 is 0 Å². The van der Waals surface area contributed by atoms with Gasteiger partial charge in [-0.25, -0.2) is 4.39 Å². The molecule has 0 spiro atoms. The first-order chi connectivity index (χ1) is 9.13. The standard InChI is InChI=1S/C15H20FNO2/c16-13-5-1-11(2-6-13)9-15(19)17-10-12-3-7-14(18)8-4-12/h1-2,5-6,12,14,18H,3-4,7-10H2,(H,17,19). The van der Waals surface area contributed by atoms with Crippen LogP contribution in [0.1, 0.15) is 31.2 Å². The molecule has 104 valence electrons. The first-order valence-corrected chi connectivity index (χ1v) is 6.82. The van der Waals surface area contributed by atoms with Crippen molar-refractivity contribution in [3.8, 4) is 0 Å². The van der Waals surface area contributed by atoms with Gasteiger partial charge in [-0.1, -0.05) is 12.1 Å². The highest BCUT2D eigenvalue weighted by molar-refractivity contribution is 5.78. The van der Waals surface area contributed by atoms with E-state index in [0.29, 0.717) is 12.5 Å². The Bertz CT molecular complexity index is 411. The number of hydrogen-bond donors (Lipinski definition) is 2. The summed E-state index contributed by atoms with van der Waals surface area (Å²) in [7, 11) is 0. The van der Waals surface area contributed by atoms with Gasteiger partial charge in [0.1, 0.15) is 5.82 Å². The van der Waals surface area contributed by atoms with Crippen molar-refractivity contribution in [1.29, 1.82) is 0 Å². The fourth-order valence-electron chi connectivity index (χ4n) is 2.46. The molecule has 2 rings (SSSR count). The second-order valence-electron chi connectivity index (χ2n) is 5.28. The number of aliphatic hydroxyl groups excluding tert-OH is 1. The Balaban J connectivity index is 1.71. The lowest BCUT2D eigenvalue weighted by Gasteiger charge is -2.25. The minimum Gasteiger partial charge on any atom is -0.393 e. The molecule has 1 aromatic carbocycles. The summed E-state index contributed by atoms with van der Waals surface area (Å²) < 4.78 is 12.7. The number of carbonyl (C=O) groups is 1. The molecule has 0 bridgehead atoms. The molecule has 0 unspecified atom stereocenters. The van der Waals surface area contributed by atoms with E-state index in [4.69, 9.17) is 0 Å². The van der Waals surface area contributed by atoms with E-state index in [9.17, 15) is 14.3 Å². The van der Waals surface area contributed by atoms with Crippen LogP contribution in [0.5, 0.6) is 0 Å². The predicted octanol–water partition coefficient (Wildman–Crippen LogP) is 2.04. The number of carbonyl (C=O) groups excluding carboxylic acids is 1. The Labute approximate surface area is 112 Å². The molecule has 0 radical (unpaired) electrons. The third-order valence-electron chi connectivity index (χ3n) is 3.68. The van der Waals surface area contributed by atoms with Crippen molar-refractivity contribution in [2.45, 2.75) is 38.2 Å². The van der Waals surface area contributed by atoms with Crippen molar-refractivity contribution >= 4 is 5.91 Å². The summed E-state index contributed by atoms with van der Waals surface area (Å²) in [5.74, 6) is 0.156. The normalized spacial score (nSPS) is 23.1. The van der Waals surface area contributed by atoms with Crippen LogP contribution in [0, 0.1) is 11.7 Å². The van der Waals surface area contributed by atoms with Crippen LogP contribution in [0.2, 0.25) is 0 Å². The molecule has 0 saturated heterocycles. The largest absolute Gasteiger partial charge is 0.393 e. The van der Waals surface area contributed by atoms with Crippen LogP contribution in [0.25, 0.3) is 0 Å². The molecule has 1 aromatic rings. The fraction of sp³-hybridized carbons (Fsp3) is 0.533. The summed E-state index contributed by atoms with van der Waals surface area (Å²) in [5, 5.41) is 12.3. The van der Waals surface area contributed by atoms with Crippen molar-refractivity contribution in [2.24, 2.45) is 5.92 Å². The maximum Gasteiger partial charge on any atom is 0.224 e. The van der Waals surface area contributed by atoms with Gasteiger partial charge >= 0.3 is 0 Å². The van der Waals surface area contributed by atoms with Crippen molar-refractivity contribution in [1.82, 2.24) is 5.32 Å². The summed E-state index contributed by atoms with van der Waals surface area (Å²) in [6, 6.07) is 5.99. The highest BCUT2D eigenvalue weighted by Crippen LogP contribution is 2.23. The van der Waals surface area contributed by atoms with Crippen LogP contribution in [-0.4, -0.2) is 23.7 Å². The molecule has 3 nitrogen and oxygen atoms in total. The maximum atomic E-state index is 12.7. The zero-order valence-corrected chi connectivity index (χ0v) is 10.9. The Morgan fingerprint density at radius 1 is 1.21 bits per heavy atom. The van der Waals surface area contributed by atoms with Gasteiger partial charge < -0.3 is 10.4 Å². The Kier molecular flexibility index (Phi) is 4.91. The number of nitrogens with one attached hydrogen (secondary N) is 1. The van der Waals surface area contributed by atoms with Crippen LogP contribution < -0.4 is 5.32 Å². The van der Waals surface area contributed by atoms with Crippen LogP contribution in [0.4, 0.5) is 4.39 Å². The van der Waals surface area contributed by atoms with Crippen LogP contribution >= 0.6 is 0 Å². The SMILES string of the molecule is O=C(Cc1ccc(F)cc1)NCC1CCC(O)CC1. The quantitative estimate of drug-likeness (QED) is 0.875. The minimum atomic E-state index is -0.287. The first kappa shape index (κ1) is 14.0. The molecule has 0 aromatic heterocycles. The van der Waals surface area contributed by atoms with E-state index in [1.54, 1.807) is 12.1 Å². The molecule has 0 aliphatic heterocycles. The zero-order valence-electron chi connectivity index (χ0n) is 10.9. The highest BCUT2D eigenvalue weighted by atomic mass is 19.1. The molecule has 2 N–H and O–H groups in total. The number of hydrogen-bond acceptors (Lipinski definition) is 2. The predicted molar refractivity (Wildman–Crippen MR) is 71.1 cm³/mol. The molecule has 4 heteroatoms. The monoisotopic (exact) mass is 265 g/mol. The highest BCUT2D eigenvalue weighted by Gasteiger charge is 2.19. The van der Waals surface area contributed by atoms with Crippen molar-refractivity contribution in [2.75, 3.05) is 6.54 Å². The topological polar surface area (TPSA) is 49.3 Å². The molecule has 1 aliphatic rings. The molecular weight excluding hydrogens is 245 g/mol. The lowest BCUT2D eigenvalue weighted by molar-refractivity contribution is -0.120. The van der Waals surface area contributed by atoms with E-state index in [1.165, 1.54) is 12.1 Å². The molecular formula is C15H20FNO2. The zero-order chi connectivity index (χ0) is 13.7. The average Bonchev–Trinajstić information content (AvgIpc) is 2.41. The van der Waals surface area contributed by atoms with E-state index in [0.717, 1.165) is 31.2 Å². The maximum absolute atomic E-state index is 12.7. The summed E-state index contributed by atoms with van der Waals surface area (Å²) in [5.41, 5.74) is 0.818. The van der Waals surface area contributed by atoms with Gasteiger partial charge in [0.05, 0.1) is 12.5 Å². The van der Waals surface area contributed by atoms with Crippen LogP contribution in [0.3, 0.4) is 0 Å². The van der Waals surface area contributed by atoms with Crippen molar-refractivity contribution < 1.29 is 14.3 Å². The summed E-state index contributed by atoms with van der Waals surface area (Å²) in [4.78, 5) is 11.8. The lowest BCUT2D eigenvalue weighted by Crippen LogP contribution is -2.33. The molecule has 1 saturated carbocycles. The van der Waals surface area contributed by atoms with E-state index in [2.05, 4.69) is 5.32 Å². The molecule has 1 fully saturated rings. The van der Waals surface area contributed by atoms with E-state index in [1.807, 2.05) is 0 Å². The molecule has 19 heavy (non-hydrogen) atoms. The number of benzene rings is 1. The van der Waals surface area contributed by atoms with E-state index >= 15 is 0 Å². The van der Waals surface area contributed by atoms with Gasteiger partial charge in [0.25, 0.3) is 0 Å². The average molecular weight is 265 g/mol. The smallest absolute Gasteiger partial charge is 0.224 e. The van der Waals surface area contributed by atoms with Gasteiger partial charge in [0, 0.05) is 6.54 Å². The number of amides is 1. The van der Waals surface area contributed by atoms with Gasteiger partial charge in [-0.3, -0.25) is 4.79 Å². The lowest BCUT2D eigenvalue weighted by atomic mass is 9.87. The number of halogens is 1. The Morgan fingerprint density at radius 2 is 1.84 bits per heavy atom. The van der Waals surface area contributed by atoms with Crippen molar-refractivity contribution in [3.63, 3.8) is 0 Å². The summed E-state index contributed by atoms with van der Waals surface area (Å²) in [6.45, 7) is 0.673. The fourth-order valence-corrected chi connectivity index (χ4v) is 2.46. The minimum absolute atomic E-state index is 0.0299. The van der Waals surface area contributed by atoms with Gasteiger partial charge in [-0.15, -0.1) is 0 Å². The summed E-state index contributed by atoms with van der Waals surface area (Å²) >= 11 is 0. The van der Waals surface area contributed by atoms with Gasteiger partial charge in [-0.2, -0.15) is 0 Å². The molecule has 1 amide bonds. The third kappa shape index (κ3) is 4.63. The third-order valence-corrected chi connectivity index (χ3v) is 3.68. The number of rotatable bonds is 4.